The lowest BCUT2D eigenvalue weighted by Crippen LogP contribution is -2.37. The molecular weight excluding hydrogens is 725 g/mol. The number of ether oxygens (including phenoxy) is 1. The molecule has 0 atom stereocenters. The molecule has 1 saturated carbocycles. The van der Waals surface area contributed by atoms with Gasteiger partial charge in [0.2, 0.25) is 0 Å². The van der Waals surface area contributed by atoms with Gasteiger partial charge in [-0.05, 0) is 120 Å². The van der Waals surface area contributed by atoms with Crippen molar-refractivity contribution >= 4 is 79.5 Å². The second-order valence-corrected chi connectivity index (χ2v) is 16.0. The van der Waals surface area contributed by atoms with E-state index in [9.17, 15) is 36.7 Å². The SMILES string of the molecule is O=C1C(=Cc2cc3c(s2)-c2sc(C=C4C(=O)c5cc6cc(F)c(F)cc6cc5C4=O)cc2C2(CCCCC2)O3)C(=O)c2cc3cc(F)c(F)cc3cc21. The summed E-state index contributed by atoms with van der Waals surface area (Å²) in [5, 5.41) is 1.24. The first-order valence-corrected chi connectivity index (χ1v) is 18.6. The van der Waals surface area contributed by atoms with Crippen LogP contribution in [0, 0.1) is 23.3 Å². The van der Waals surface area contributed by atoms with E-state index in [0.29, 0.717) is 37.0 Å². The van der Waals surface area contributed by atoms with Crippen LogP contribution in [-0.2, 0) is 5.60 Å². The second kappa shape index (κ2) is 11.2. The van der Waals surface area contributed by atoms with Gasteiger partial charge in [-0.2, -0.15) is 0 Å². The summed E-state index contributed by atoms with van der Waals surface area (Å²) in [5.41, 5.74) is 0.730. The van der Waals surface area contributed by atoms with Crippen molar-refractivity contribution < 1.29 is 41.5 Å². The van der Waals surface area contributed by atoms with Gasteiger partial charge in [0.25, 0.3) is 0 Å². The maximum absolute atomic E-state index is 14.0. The Bertz CT molecular complexity index is 2690. The van der Waals surface area contributed by atoms with Crippen molar-refractivity contribution in [1.82, 2.24) is 0 Å². The molecule has 1 aliphatic heterocycles. The topological polar surface area (TPSA) is 77.5 Å². The molecule has 4 aliphatic rings. The zero-order valence-corrected chi connectivity index (χ0v) is 29.0. The third-order valence-electron chi connectivity index (χ3n) is 10.7. The average Bonchev–Trinajstić information content (AvgIpc) is 3.86. The first-order valence-electron chi connectivity index (χ1n) is 16.9. The summed E-state index contributed by atoms with van der Waals surface area (Å²) in [6, 6.07) is 13.5. The van der Waals surface area contributed by atoms with Crippen LogP contribution in [0.3, 0.4) is 0 Å². The van der Waals surface area contributed by atoms with Crippen LogP contribution in [0.15, 0.2) is 71.8 Å². The highest BCUT2D eigenvalue weighted by atomic mass is 32.1. The summed E-state index contributed by atoms with van der Waals surface area (Å²) >= 11 is 2.75. The predicted molar refractivity (Wildman–Crippen MR) is 194 cm³/mol. The number of fused-ring (bicyclic) bond motifs is 8. The summed E-state index contributed by atoms with van der Waals surface area (Å²) in [5.74, 6) is -5.58. The Hall–Kier alpha value is -5.52. The maximum Gasteiger partial charge on any atom is 0.197 e. The maximum atomic E-state index is 14.0. The van der Waals surface area contributed by atoms with Gasteiger partial charge >= 0.3 is 0 Å². The minimum Gasteiger partial charge on any atom is -0.481 e. The van der Waals surface area contributed by atoms with Crippen LogP contribution in [0.1, 0.15) is 88.9 Å². The fourth-order valence-corrected chi connectivity index (χ4v) is 10.5. The molecule has 0 amide bonds. The number of ketones is 4. The number of thiophene rings is 2. The Morgan fingerprint density at radius 1 is 0.509 bits per heavy atom. The molecule has 53 heavy (non-hydrogen) atoms. The minimum atomic E-state index is -1.05. The Kier molecular flexibility index (Phi) is 6.82. The molecule has 1 spiro atoms. The standard InChI is InChI=1S/C42H22F4O5S2/c43-31-10-18-6-24-25(7-19(18)11-32(31)44)37(48)28(36(24)47)14-22-16-30-40(52-22)41-35(51-42(30)4-2-1-3-5-42)17-23(53-41)15-29-38(49)26-8-20-12-33(45)34(46)13-21(20)9-27(26)39(29)50/h6-17H,1-5H2. The van der Waals surface area contributed by atoms with Gasteiger partial charge in [-0.15, -0.1) is 22.7 Å². The normalized spacial score (nSPS) is 17.1. The molecule has 2 aromatic heterocycles. The van der Waals surface area contributed by atoms with Gasteiger partial charge in [0, 0.05) is 37.6 Å². The van der Waals surface area contributed by atoms with E-state index in [2.05, 4.69) is 0 Å². The molecule has 6 aromatic rings. The Labute approximate surface area is 305 Å². The van der Waals surface area contributed by atoms with Crippen molar-refractivity contribution in [2.75, 3.05) is 0 Å². The van der Waals surface area contributed by atoms with Crippen LogP contribution < -0.4 is 4.74 Å². The van der Waals surface area contributed by atoms with Crippen LogP contribution in [0.25, 0.3) is 43.5 Å². The zero-order valence-electron chi connectivity index (χ0n) is 27.3. The molecule has 3 aliphatic carbocycles. The summed E-state index contributed by atoms with van der Waals surface area (Å²) in [7, 11) is 0. The molecular formula is C42H22F4O5S2. The van der Waals surface area contributed by atoms with Gasteiger partial charge in [0.15, 0.2) is 46.4 Å². The zero-order chi connectivity index (χ0) is 36.5. The lowest BCUT2D eigenvalue weighted by atomic mass is 9.78. The lowest BCUT2D eigenvalue weighted by Gasteiger charge is -2.40. The fraction of sp³-hybridized carbons (Fsp3) is 0.143. The van der Waals surface area contributed by atoms with Crippen LogP contribution in [-0.4, -0.2) is 23.1 Å². The van der Waals surface area contributed by atoms with E-state index in [1.807, 2.05) is 12.1 Å². The number of carbonyl (C=O) groups is 4. The molecule has 260 valence electrons. The van der Waals surface area contributed by atoms with E-state index < -0.39 is 52.0 Å². The molecule has 0 radical (unpaired) electrons. The molecule has 0 N–H and O–H groups in total. The van der Waals surface area contributed by atoms with E-state index in [-0.39, 0.29) is 33.4 Å². The summed E-state index contributed by atoms with van der Waals surface area (Å²) < 4.78 is 62.6. The predicted octanol–water partition coefficient (Wildman–Crippen LogP) is 10.8. The van der Waals surface area contributed by atoms with E-state index >= 15 is 0 Å². The molecule has 4 aromatic carbocycles. The number of hydrogen-bond donors (Lipinski definition) is 0. The fourth-order valence-electron chi connectivity index (χ4n) is 8.12. The third kappa shape index (κ3) is 4.73. The van der Waals surface area contributed by atoms with Crippen molar-refractivity contribution in [3.8, 4) is 15.5 Å². The average molecular weight is 747 g/mol. The van der Waals surface area contributed by atoms with E-state index in [0.717, 1.165) is 71.7 Å². The van der Waals surface area contributed by atoms with Crippen molar-refractivity contribution in [2.45, 2.75) is 37.7 Å². The van der Waals surface area contributed by atoms with Gasteiger partial charge in [-0.1, -0.05) is 6.42 Å². The van der Waals surface area contributed by atoms with Crippen LogP contribution in [0.5, 0.6) is 5.75 Å². The molecule has 11 heteroatoms. The van der Waals surface area contributed by atoms with Crippen LogP contribution in [0.2, 0.25) is 0 Å². The third-order valence-corrected chi connectivity index (χ3v) is 13.0. The quantitative estimate of drug-likeness (QED) is 0.100. The molecule has 0 bridgehead atoms. The number of carbonyl (C=O) groups excluding carboxylic acids is 4. The molecule has 10 rings (SSSR count). The molecule has 5 nitrogen and oxygen atoms in total. The largest absolute Gasteiger partial charge is 0.481 e. The van der Waals surface area contributed by atoms with Gasteiger partial charge in [-0.25, -0.2) is 17.6 Å². The van der Waals surface area contributed by atoms with Gasteiger partial charge < -0.3 is 4.74 Å². The summed E-state index contributed by atoms with van der Waals surface area (Å²) in [6.45, 7) is 0. The van der Waals surface area contributed by atoms with Crippen molar-refractivity contribution in [3.05, 3.63) is 133 Å². The van der Waals surface area contributed by atoms with E-state index in [4.69, 9.17) is 4.74 Å². The molecule has 1 fully saturated rings. The smallest absolute Gasteiger partial charge is 0.197 e. The molecule has 3 heterocycles. The number of rotatable bonds is 2. The highest BCUT2D eigenvalue weighted by Crippen LogP contribution is 2.57. The Morgan fingerprint density at radius 3 is 1.34 bits per heavy atom. The highest BCUT2D eigenvalue weighted by Gasteiger charge is 2.44. The first-order chi connectivity index (χ1) is 25.5. The van der Waals surface area contributed by atoms with Gasteiger partial charge in [0.05, 0.1) is 20.9 Å². The Balaban J connectivity index is 1.04. The number of benzene rings is 4. The highest BCUT2D eigenvalue weighted by molar-refractivity contribution is 7.23. The lowest BCUT2D eigenvalue weighted by molar-refractivity contribution is 0.0250. The first kappa shape index (κ1) is 32.2. The molecule has 0 unspecified atom stereocenters. The van der Waals surface area contributed by atoms with Gasteiger partial charge in [-0.3, -0.25) is 19.2 Å². The number of hydrogen-bond acceptors (Lipinski definition) is 7. The summed E-state index contributed by atoms with van der Waals surface area (Å²) in [4.78, 5) is 57.1. The van der Waals surface area contributed by atoms with Crippen LogP contribution >= 0.6 is 22.7 Å². The van der Waals surface area contributed by atoms with Crippen molar-refractivity contribution in [1.29, 1.82) is 0 Å². The second-order valence-electron chi connectivity index (χ2n) is 13.8. The Morgan fingerprint density at radius 2 is 0.906 bits per heavy atom. The summed E-state index contributed by atoms with van der Waals surface area (Å²) in [6.07, 6.45) is 7.53. The monoisotopic (exact) mass is 746 g/mol. The van der Waals surface area contributed by atoms with Crippen LogP contribution in [0.4, 0.5) is 17.6 Å². The minimum absolute atomic E-state index is 0.0405. The number of halogens is 4. The van der Waals surface area contributed by atoms with E-state index in [1.54, 1.807) is 6.08 Å². The van der Waals surface area contributed by atoms with Crippen molar-refractivity contribution in [3.63, 3.8) is 0 Å². The molecule has 0 saturated heterocycles. The number of allylic oxidation sites excluding steroid dienone is 2. The number of Topliss-reactive ketones (excluding diaryl/α,β-unsaturated/α-hetero) is 4. The van der Waals surface area contributed by atoms with Gasteiger partial charge in [0.1, 0.15) is 11.4 Å². The van der Waals surface area contributed by atoms with E-state index in [1.165, 1.54) is 53.0 Å². The van der Waals surface area contributed by atoms with Crippen molar-refractivity contribution in [2.24, 2.45) is 0 Å².